The van der Waals surface area contributed by atoms with Gasteiger partial charge in [0.05, 0.1) is 18.4 Å². The highest BCUT2D eigenvalue weighted by Crippen LogP contribution is 2.25. The predicted octanol–water partition coefficient (Wildman–Crippen LogP) is 3.07. The minimum atomic E-state index is -0.879. The number of carbonyl (C=O) groups excluding carboxylic acids is 1. The van der Waals surface area contributed by atoms with Crippen LogP contribution in [0.15, 0.2) is 42.5 Å². The van der Waals surface area contributed by atoms with E-state index in [1.54, 1.807) is 4.90 Å². The number of piperazine rings is 1. The van der Waals surface area contributed by atoms with Crippen LogP contribution < -0.4 is 4.90 Å². The van der Waals surface area contributed by atoms with Crippen molar-refractivity contribution in [2.75, 3.05) is 38.2 Å². The second-order valence-electron chi connectivity index (χ2n) is 6.02. The van der Waals surface area contributed by atoms with E-state index in [2.05, 4.69) is 21.8 Å². The molecule has 0 N–H and O–H groups in total. The third kappa shape index (κ3) is 3.96. The van der Waals surface area contributed by atoms with Crippen LogP contribution in [-0.4, -0.2) is 44.2 Å². The van der Waals surface area contributed by atoms with Gasteiger partial charge in [-0.25, -0.2) is 13.6 Å². The van der Waals surface area contributed by atoms with Crippen molar-refractivity contribution >= 4 is 11.7 Å². The Morgan fingerprint density at radius 1 is 1.04 bits per heavy atom. The maximum absolute atomic E-state index is 14.3. The van der Waals surface area contributed by atoms with E-state index in [1.807, 2.05) is 18.2 Å². The Morgan fingerprint density at radius 3 is 2.36 bits per heavy atom. The first-order valence-electron chi connectivity index (χ1n) is 8.17. The van der Waals surface area contributed by atoms with Crippen LogP contribution in [0.5, 0.6) is 0 Å². The molecule has 3 rings (SSSR count). The zero-order chi connectivity index (χ0) is 17.8. The molecule has 0 saturated carbocycles. The number of nitrogens with zero attached hydrogens (tertiary/aromatic N) is 2. The molecule has 1 fully saturated rings. The quantitative estimate of drug-likeness (QED) is 0.797. The second-order valence-corrected chi connectivity index (χ2v) is 6.02. The molecule has 0 aromatic heterocycles. The molecule has 0 bridgehead atoms. The van der Waals surface area contributed by atoms with Crippen LogP contribution in [0.1, 0.15) is 15.9 Å². The number of ether oxygens (including phenoxy) is 1. The molecule has 4 nitrogen and oxygen atoms in total. The average molecular weight is 346 g/mol. The van der Waals surface area contributed by atoms with Gasteiger partial charge in [0.1, 0.15) is 11.6 Å². The van der Waals surface area contributed by atoms with Gasteiger partial charge in [-0.15, -0.1) is 0 Å². The van der Waals surface area contributed by atoms with Gasteiger partial charge in [-0.05, 0) is 11.6 Å². The molecule has 0 aliphatic carbocycles. The lowest BCUT2D eigenvalue weighted by Gasteiger charge is -2.36. The van der Waals surface area contributed by atoms with Crippen molar-refractivity contribution in [3.63, 3.8) is 0 Å². The molecule has 0 radical (unpaired) electrons. The number of hydrogen-bond acceptors (Lipinski definition) is 4. The molecular weight excluding hydrogens is 326 g/mol. The zero-order valence-electron chi connectivity index (χ0n) is 14.0. The van der Waals surface area contributed by atoms with Crippen LogP contribution >= 0.6 is 0 Å². The average Bonchev–Trinajstić information content (AvgIpc) is 2.64. The predicted molar refractivity (Wildman–Crippen MR) is 91.6 cm³/mol. The zero-order valence-corrected chi connectivity index (χ0v) is 14.0. The Morgan fingerprint density at radius 2 is 1.72 bits per heavy atom. The maximum Gasteiger partial charge on any atom is 0.340 e. The summed E-state index contributed by atoms with van der Waals surface area (Å²) in [5, 5.41) is 0. The van der Waals surface area contributed by atoms with Crippen LogP contribution in [0.4, 0.5) is 14.5 Å². The molecule has 0 spiro atoms. The van der Waals surface area contributed by atoms with Crippen molar-refractivity contribution in [3.8, 4) is 0 Å². The largest absolute Gasteiger partial charge is 0.465 e. The van der Waals surface area contributed by atoms with Gasteiger partial charge in [0, 0.05) is 38.8 Å². The minimum Gasteiger partial charge on any atom is -0.465 e. The van der Waals surface area contributed by atoms with Crippen molar-refractivity contribution in [2.24, 2.45) is 0 Å². The summed E-state index contributed by atoms with van der Waals surface area (Å²) in [6, 6.07) is 12.1. The fourth-order valence-corrected chi connectivity index (χ4v) is 3.03. The van der Waals surface area contributed by atoms with Gasteiger partial charge in [-0.2, -0.15) is 0 Å². The van der Waals surface area contributed by atoms with Crippen LogP contribution in [-0.2, 0) is 11.3 Å². The van der Waals surface area contributed by atoms with E-state index in [1.165, 1.54) is 5.56 Å². The summed E-state index contributed by atoms with van der Waals surface area (Å²) >= 11 is 0. The highest BCUT2D eigenvalue weighted by Gasteiger charge is 2.23. The highest BCUT2D eigenvalue weighted by molar-refractivity contribution is 5.90. The van der Waals surface area contributed by atoms with Crippen molar-refractivity contribution in [2.45, 2.75) is 6.54 Å². The Labute approximate surface area is 145 Å². The van der Waals surface area contributed by atoms with Crippen LogP contribution in [0.25, 0.3) is 0 Å². The van der Waals surface area contributed by atoms with Gasteiger partial charge in [0.15, 0.2) is 0 Å². The van der Waals surface area contributed by atoms with E-state index in [0.29, 0.717) is 13.1 Å². The fraction of sp³-hybridized carbons (Fsp3) is 0.316. The van der Waals surface area contributed by atoms with Crippen molar-refractivity contribution in [1.82, 2.24) is 4.90 Å². The summed E-state index contributed by atoms with van der Waals surface area (Å²) in [6.07, 6.45) is 0. The van der Waals surface area contributed by atoms with Gasteiger partial charge in [0.25, 0.3) is 0 Å². The molecule has 0 unspecified atom stereocenters. The normalized spacial score (nSPS) is 15.2. The maximum atomic E-state index is 14.3. The minimum absolute atomic E-state index is 0.185. The van der Waals surface area contributed by atoms with Crippen molar-refractivity contribution < 1.29 is 18.3 Å². The van der Waals surface area contributed by atoms with Crippen LogP contribution in [0, 0.1) is 11.6 Å². The topological polar surface area (TPSA) is 32.8 Å². The number of hydrogen-bond donors (Lipinski definition) is 0. The number of esters is 1. The van der Waals surface area contributed by atoms with E-state index in [-0.39, 0.29) is 11.3 Å². The van der Waals surface area contributed by atoms with E-state index in [0.717, 1.165) is 38.9 Å². The Bertz CT molecular complexity index is 745. The first kappa shape index (κ1) is 17.4. The molecule has 0 amide bonds. The summed E-state index contributed by atoms with van der Waals surface area (Å²) in [5.74, 6) is -2.26. The Kier molecular flexibility index (Phi) is 5.28. The lowest BCUT2D eigenvalue weighted by Crippen LogP contribution is -2.46. The number of halogens is 2. The van der Waals surface area contributed by atoms with Gasteiger partial charge < -0.3 is 9.64 Å². The number of methoxy groups -OCH3 is 1. The van der Waals surface area contributed by atoms with E-state index in [9.17, 15) is 13.6 Å². The van der Waals surface area contributed by atoms with Gasteiger partial charge in [0.2, 0.25) is 0 Å². The van der Waals surface area contributed by atoms with Crippen LogP contribution in [0.3, 0.4) is 0 Å². The smallest absolute Gasteiger partial charge is 0.340 e. The highest BCUT2D eigenvalue weighted by atomic mass is 19.1. The monoisotopic (exact) mass is 346 g/mol. The van der Waals surface area contributed by atoms with Gasteiger partial charge in [-0.3, -0.25) is 4.90 Å². The lowest BCUT2D eigenvalue weighted by molar-refractivity contribution is 0.0595. The standard InChI is InChI=1S/C19H20F2N2O2/c1-25-19(24)15-11-17(21)18(12-16(15)20)23-9-7-22(8-10-23)13-14-5-3-2-4-6-14/h2-6,11-12H,7-10,13H2,1H3. The molecule has 25 heavy (non-hydrogen) atoms. The van der Waals surface area contributed by atoms with E-state index >= 15 is 0 Å². The summed E-state index contributed by atoms with van der Waals surface area (Å²) < 4.78 is 32.9. The lowest BCUT2D eigenvalue weighted by atomic mass is 10.1. The summed E-state index contributed by atoms with van der Waals surface area (Å²) in [7, 11) is 1.14. The molecule has 1 aliphatic rings. The number of rotatable bonds is 4. The summed E-state index contributed by atoms with van der Waals surface area (Å²) in [4.78, 5) is 15.5. The van der Waals surface area contributed by atoms with Crippen LogP contribution in [0.2, 0.25) is 0 Å². The third-order valence-corrected chi connectivity index (χ3v) is 4.40. The second kappa shape index (κ2) is 7.61. The number of anilines is 1. The molecule has 1 aliphatic heterocycles. The van der Waals surface area contributed by atoms with E-state index < -0.39 is 17.6 Å². The molecule has 1 heterocycles. The summed E-state index contributed by atoms with van der Waals surface area (Å²) in [5.41, 5.74) is 1.03. The number of benzene rings is 2. The molecule has 132 valence electrons. The SMILES string of the molecule is COC(=O)c1cc(F)c(N2CCN(Cc3ccccc3)CC2)cc1F. The molecular formula is C19H20F2N2O2. The Hall–Kier alpha value is -2.47. The van der Waals surface area contributed by atoms with Crippen molar-refractivity contribution in [3.05, 3.63) is 65.2 Å². The third-order valence-electron chi connectivity index (χ3n) is 4.40. The number of carbonyl (C=O) groups is 1. The molecule has 1 saturated heterocycles. The molecule has 0 atom stereocenters. The van der Waals surface area contributed by atoms with E-state index in [4.69, 9.17) is 0 Å². The first-order valence-corrected chi connectivity index (χ1v) is 8.17. The van der Waals surface area contributed by atoms with Crippen molar-refractivity contribution in [1.29, 1.82) is 0 Å². The van der Waals surface area contributed by atoms with Gasteiger partial charge >= 0.3 is 5.97 Å². The molecule has 6 heteroatoms. The van der Waals surface area contributed by atoms with Gasteiger partial charge in [-0.1, -0.05) is 30.3 Å². The molecule has 2 aromatic rings. The Balaban J connectivity index is 1.66. The fourth-order valence-electron chi connectivity index (χ4n) is 3.03. The summed E-state index contributed by atoms with van der Waals surface area (Å²) in [6.45, 7) is 3.55. The first-order chi connectivity index (χ1) is 12.1. The molecule has 2 aromatic carbocycles.